The van der Waals surface area contributed by atoms with E-state index in [9.17, 15) is 9.18 Å². The summed E-state index contributed by atoms with van der Waals surface area (Å²) < 4.78 is 18.1. The Labute approximate surface area is 177 Å². The lowest BCUT2D eigenvalue weighted by Crippen LogP contribution is -2.46. The predicted molar refractivity (Wildman–Crippen MR) is 113 cm³/mol. The van der Waals surface area contributed by atoms with Crippen molar-refractivity contribution in [3.8, 4) is 0 Å². The second-order valence-electron chi connectivity index (χ2n) is 6.83. The lowest BCUT2D eigenvalue weighted by Gasteiger charge is -2.36. The van der Waals surface area contributed by atoms with Crippen molar-refractivity contribution in [3.63, 3.8) is 0 Å². The first kappa shape index (κ1) is 20.1. The molecule has 3 aromatic rings. The summed E-state index contributed by atoms with van der Waals surface area (Å²) in [6.45, 7) is 5.01. The Morgan fingerprint density at radius 1 is 1.13 bits per heavy atom. The van der Waals surface area contributed by atoms with Crippen molar-refractivity contribution in [2.45, 2.75) is 11.9 Å². The van der Waals surface area contributed by atoms with Gasteiger partial charge in [-0.3, -0.25) is 10.1 Å². The molecule has 0 unspecified atom stereocenters. The fraction of sp³-hybridized carbons (Fsp3) is 0.300. The number of hydrogen-bond donors (Lipinski definition) is 1. The average molecular weight is 428 g/mol. The van der Waals surface area contributed by atoms with E-state index >= 15 is 0 Å². The zero-order valence-electron chi connectivity index (χ0n) is 16.4. The van der Waals surface area contributed by atoms with Gasteiger partial charge >= 0.3 is 0 Å². The van der Waals surface area contributed by atoms with Gasteiger partial charge in [0.15, 0.2) is 0 Å². The van der Waals surface area contributed by atoms with Crippen LogP contribution in [0.4, 0.5) is 21.8 Å². The Bertz CT molecular complexity index is 1000. The molecular formula is C20H21FN6O2S. The van der Waals surface area contributed by atoms with E-state index in [1.807, 2.05) is 6.07 Å². The topological polar surface area (TPSA) is 87.4 Å². The van der Waals surface area contributed by atoms with Crippen LogP contribution in [-0.4, -0.2) is 53.0 Å². The highest BCUT2D eigenvalue weighted by atomic mass is 32.2. The van der Waals surface area contributed by atoms with E-state index in [2.05, 4.69) is 30.2 Å². The highest BCUT2D eigenvalue weighted by Gasteiger charge is 2.19. The molecule has 0 radical (unpaired) electrons. The number of nitrogens with one attached hydrogen (secondary N) is 1. The summed E-state index contributed by atoms with van der Waals surface area (Å²) in [6, 6.07) is 10.1. The summed E-state index contributed by atoms with van der Waals surface area (Å²) in [5.41, 5.74) is 1.72. The van der Waals surface area contributed by atoms with Crippen LogP contribution in [0, 0.1) is 12.7 Å². The summed E-state index contributed by atoms with van der Waals surface area (Å²) in [6.07, 6.45) is 1.52. The maximum absolute atomic E-state index is 13.1. The zero-order valence-corrected chi connectivity index (χ0v) is 17.2. The van der Waals surface area contributed by atoms with Gasteiger partial charge in [0.25, 0.3) is 0 Å². The Morgan fingerprint density at radius 2 is 1.87 bits per heavy atom. The van der Waals surface area contributed by atoms with E-state index in [1.54, 1.807) is 25.1 Å². The van der Waals surface area contributed by atoms with E-state index in [0.29, 0.717) is 11.6 Å². The first-order valence-electron chi connectivity index (χ1n) is 9.50. The number of thioether (sulfide) groups is 1. The summed E-state index contributed by atoms with van der Waals surface area (Å²) in [5.74, 6) is 0.949. The molecule has 30 heavy (non-hydrogen) atoms. The number of aryl methyl sites for hydroxylation is 1. The van der Waals surface area contributed by atoms with Gasteiger partial charge in [0.1, 0.15) is 23.0 Å². The van der Waals surface area contributed by atoms with Gasteiger partial charge in [-0.15, -0.1) is 0 Å². The summed E-state index contributed by atoms with van der Waals surface area (Å²) in [5, 5.41) is 7.13. The molecule has 1 aliphatic heterocycles. The van der Waals surface area contributed by atoms with Crippen LogP contribution in [0.3, 0.4) is 0 Å². The molecule has 1 saturated heterocycles. The van der Waals surface area contributed by atoms with Gasteiger partial charge in [-0.25, -0.2) is 14.4 Å². The number of halogens is 1. The Kier molecular flexibility index (Phi) is 6.12. The van der Waals surface area contributed by atoms with Gasteiger partial charge in [0, 0.05) is 44.0 Å². The maximum Gasteiger partial charge on any atom is 0.237 e. The SMILES string of the molecule is Cc1cc(NC(=O)CSc2cc(N3CCN(c4ccc(F)cc4)CC3)ncn2)on1. The highest BCUT2D eigenvalue weighted by molar-refractivity contribution is 7.99. The van der Waals surface area contributed by atoms with E-state index in [4.69, 9.17) is 4.52 Å². The van der Waals surface area contributed by atoms with Crippen molar-refractivity contribution in [2.75, 3.05) is 47.0 Å². The monoisotopic (exact) mass is 428 g/mol. The molecule has 1 aromatic carbocycles. The molecule has 0 atom stereocenters. The van der Waals surface area contributed by atoms with Crippen molar-refractivity contribution in [1.82, 2.24) is 15.1 Å². The van der Waals surface area contributed by atoms with Gasteiger partial charge in [-0.05, 0) is 31.2 Å². The first-order chi connectivity index (χ1) is 14.6. The van der Waals surface area contributed by atoms with Crippen LogP contribution in [0.1, 0.15) is 5.69 Å². The number of piperazine rings is 1. The molecule has 3 heterocycles. The van der Waals surface area contributed by atoms with E-state index in [0.717, 1.165) is 42.7 Å². The van der Waals surface area contributed by atoms with Gasteiger partial charge in [0.2, 0.25) is 11.8 Å². The number of benzene rings is 1. The van der Waals surface area contributed by atoms with Crippen LogP contribution >= 0.6 is 11.8 Å². The lowest BCUT2D eigenvalue weighted by atomic mass is 10.2. The van der Waals surface area contributed by atoms with Crippen LogP contribution in [0.2, 0.25) is 0 Å². The van der Waals surface area contributed by atoms with E-state index < -0.39 is 0 Å². The number of hydrogen-bond acceptors (Lipinski definition) is 8. The molecule has 0 saturated carbocycles. The normalized spacial score (nSPS) is 14.1. The number of carbonyl (C=O) groups is 1. The Balaban J connectivity index is 1.30. The molecule has 1 amide bonds. The molecule has 156 valence electrons. The third kappa shape index (κ3) is 5.07. The molecular weight excluding hydrogens is 407 g/mol. The summed E-state index contributed by atoms with van der Waals surface area (Å²) in [7, 11) is 0. The van der Waals surface area contributed by atoms with Crippen LogP contribution in [0.5, 0.6) is 0 Å². The number of nitrogens with zero attached hydrogens (tertiary/aromatic N) is 5. The standard InChI is InChI=1S/C20H21FN6O2S/c1-14-10-19(29-25-14)24-18(28)12-30-20-11-17(22-13-23-20)27-8-6-26(7-9-27)16-4-2-15(21)3-5-16/h2-5,10-11,13H,6-9,12H2,1H3,(H,24,28). The van der Waals surface area contributed by atoms with Crippen molar-refractivity contribution >= 4 is 35.1 Å². The molecule has 0 bridgehead atoms. The minimum absolute atomic E-state index is 0.191. The Morgan fingerprint density at radius 3 is 2.57 bits per heavy atom. The maximum atomic E-state index is 13.1. The van der Waals surface area contributed by atoms with Gasteiger partial charge in [0.05, 0.1) is 11.4 Å². The fourth-order valence-electron chi connectivity index (χ4n) is 3.16. The minimum Gasteiger partial charge on any atom is -0.368 e. The molecule has 0 spiro atoms. The van der Waals surface area contributed by atoms with E-state index in [1.165, 1.54) is 30.2 Å². The van der Waals surface area contributed by atoms with Crippen molar-refractivity contribution < 1.29 is 13.7 Å². The molecule has 2 aromatic heterocycles. The number of carbonyl (C=O) groups excluding carboxylic acids is 1. The second kappa shape index (κ2) is 9.12. The van der Waals surface area contributed by atoms with Gasteiger partial charge in [-0.2, -0.15) is 0 Å². The van der Waals surface area contributed by atoms with Crippen LogP contribution in [0.25, 0.3) is 0 Å². The van der Waals surface area contributed by atoms with E-state index in [-0.39, 0.29) is 17.5 Å². The molecule has 1 fully saturated rings. The minimum atomic E-state index is -0.229. The number of aromatic nitrogens is 3. The van der Waals surface area contributed by atoms with Gasteiger partial charge in [-0.1, -0.05) is 16.9 Å². The zero-order chi connectivity index (χ0) is 20.9. The van der Waals surface area contributed by atoms with Gasteiger partial charge < -0.3 is 14.3 Å². The largest absolute Gasteiger partial charge is 0.368 e. The quantitative estimate of drug-likeness (QED) is 0.474. The number of anilines is 3. The first-order valence-corrected chi connectivity index (χ1v) is 10.5. The summed E-state index contributed by atoms with van der Waals surface area (Å²) in [4.78, 5) is 25.1. The summed E-state index contributed by atoms with van der Waals surface area (Å²) >= 11 is 1.33. The number of rotatable bonds is 6. The molecule has 1 N–H and O–H groups in total. The fourth-order valence-corrected chi connectivity index (χ4v) is 3.82. The third-order valence-corrected chi connectivity index (χ3v) is 5.59. The highest BCUT2D eigenvalue weighted by Crippen LogP contribution is 2.23. The number of amides is 1. The molecule has 1 aliphatic rings. The smallest absolute Gasteiger partial charge is 0.237 e. The van der Waals surface area contributed by atoms with Crippen LogP contribution < -0.4 is 15.1 Å². The van der Waals surface area contributed by atoms with Crippen molar-refractivity contribution in [3.05, 3.63) is 54.2 Å². The molecule has 10 heteroatoms. The van der Waals surface area contributed by atoms with Crippen LogP contribution in [0.15, 0.2) is 52.3 Å². The van der Waals surface area contributed by atoms with Crippen molar-refractivity contribution in [1.29, 1.82) is 0 Å². The van der Waals surface area contributed by atoms with Crippen molar-refractivity contribution in [2.24, 2.45) is 0 Å². The second-order valence-corrected chi connectivity index (χ2v) is 7.83. The lowest BCUT2D eigenvalue weighted by molar-refractivity contribution is -0.113. The molecule has 4 rings (SSSR count). The molecule has 0 aliphatic carbocycles. The predicted octanol–water partition coefficient (Wildman–Crippen LogP) is 2.97. The molecule has 8 nitrogen and oxygen atoms in total. The van der Waals surface area contributed by atoms with Crippen LogP contribution in [-0.2, 0) is 4.79 Å². The average Bonchev–Trinajstić information content (AvgIpc) is 3.17. The third-order valence-electron chi connectivity index (χ3n) is 4.66. The Hall–Kier alpha value is -3.14.